The molecule has 29 heavy (non-hydrogen) atoms. The molecule has 2 aliphatic heterocycles. The fourth-order valence-corrected chi connectivity index (χ4v) is 3.42. The molecule has 9 nitrogen and oxygen atoms in total. The topological polar surface area (TPSA) is 111 Å². The summed E-state index contributed by atoms with van der Waals surface area (Å²) in [5.74, 6) is 0.370. The fraction of sp³-hybridized carbons (Fsp3) is 0.600. The molecule has 1 aromatic rings. The summed E-state index contributed by atoms with van der Waals surface area (Å²) in [5.41, 5.74) is -0.319. The Kier molecular flexibility index (Phi) is 6.24. The highest BCUT2D eigenvalue weighted by Crippen LogP contribution is 2.37. The average Bonchev–Trinajstić information content (AvgIpc) is 2.72. The van der Waals surface area contributed by atoms with E-state index >= 15 is 0 Å². The molecule has 9 heteroatoms. The number of nitro benzene ring substituents is 1. The van der Waals surface area contributed by atoms with Gasteiger partial charge in [-0.1, -0.05) is 13.8 Å². The third kappa shape index (κ3) is 4.60. The second-order valence-corrected chi connectivity index (χ2v) is 7.88. The summed E-state index contributed by atoms with van der Waals surface area (Å²) in [5, 5.41) is 14.5. The van der Waals surface area contributed by atoms with Crippen molar-refractivity contribution in [2.75, 3.05) is 26.3 Å². The molecule has 2 aliphatic rings. The first kappa shape index (κ1) is 20.9. The number of hydrogen-bond donors (Lipinski definition) is 1. The lowest BCUT2D eigenvalue weighted by atomic mass is 9.94. The number of nitrogens with zero attached hydrogens (tertiary/aromatic N) is 2. The summed E-state index contributed by atoms with van der Waals surface area (Å²) in [4.78, 5) is 37.9. The number of ether oxygens (including phenoxy) is 2. The molecule has 2 heterocycles. The summed E-state index contributed by atoms with van der Waals surface area (Å²) in [7, 11) is 0. The number of fused-ring (bicyclic) bond motifs is 1. The SMILES string of the molecule is CC(C)C(C)NC(=O)C1CCN(C(=O)c2cc3c(cc2[N+](=O)[O-])OCCO3)CC1. The molecule has 0 saturated carbocycles. The van der Waals surface area contributed by atoms with Crippen LogP contribution in [-0.2, 0) is 4.79 Å². The van der Waals surface area contributed by atoms with E-state index in [2.05, 4.69) is 5.32 Å². The number of nitrogens with one attached hydrogen (secondary N) is 1. The molecule has 0 radical (unpaired) electrons. The number of piperidine rings is 1. The van der Waals surface area contributed by atoms with Crippen molar-refractivity contribution in [3.05, 3.63) is 27.8 Å². The number of carbonyl (C=O) groups is 2. The van der Waals surface area contributed by atoms with Crippen LogP contribution < -0.4 is 14.8 Å². The Morgan fingerprint density at radius 1 is 1.14 bits per heavy atom. The quantitative estimate of drug-likeness (QED) is 0.595. The maximum Gasteiger partial charge on any atom is 0.286 e. The van der Waals surface area contributed by atoms with Crippen LogP contribution in [0, 0.1) is 22.0 Å². The van der Waals surface area contributed by atoms with Gasteiger partial charge in [-0.05, 0) is 25.7 Å². The molecular weight excluding hydrogens is 378 g/mol. The van der Waals surface area contributed by atoms with Gasteiger partial charge in [0.15, 0.2) is 11.5 Å². The van der Waals surface area contributed by atoms with Gasteiger partial charge < -0.3 is 19.7 Å². The van der Waals surface area contributed by atoms with E-state index in [1.807, 2.05) is 20.8 Å². The zero-order valence-corrected chi connectivity index (χ0v) is 17.0. The van der Waals surface area contributed by atoms with E-state index in [4.69, 9.17) is 9.47 Å². The van der Waals surface area contributed by atoms with Crippen molar-refractivity contribution in [1.82, 2.24) is 10.2 Å². The minimum absolute atomic E-state index is 0.00334. The van der Waals surface area contributed by atoms with E-state index in [-0.39, 0.29) is 34.9 Å². The van der Waals surface area contributed by atoms with Crippen molar-refractivity contribution in [2.45, 2.75) is 39.7 Å². The zero-order valence-electron chi connectivity index (χ0n) is 17.0. The molecule has 1 saturated heterocycles. The van der Waals surface area contributed by atoms with Crippen molar-refractivity contribution < 1.29 is 24.0 Å². The molecule has 1 fully saturated rings. The lowest BCUT2D eigenvalue weighted by Gasteiger charge is -2.32. The van der Waals surface area contributed by atoms with E-state index in [1.54, 1.807) is 4.90 Å². The number of amides is 2. The van der Waals surface area contributed by atoms with Gasteiger partial charge in [-0.3, -0.25) is 19.7 Å². The van der Waals surface area contributed by atoms with E-state index in [0.29, 0.717) is 50.8 Å². The van der Waals surface area contributed by atoms with Crippen LogP contribution in [0.2, 0.25) is 0 Å². The van der Waals surface area contributed by atoms with Gasteiger partial charge in [-0.2, -0.15) is 0 Å². The van der Waals surface area contributed by atoms with Crippen molar-refractivity contribution in [3.63, 3.8) is 0 Å². The average molecular weight is 405 g/mol. The highest BCUT2D eigenvalue weighted by atomic mass is 16.6. The third-order valence-electron chi connectivity index (χ3n) is 5.61. The maximum atomic E-state index is 13.0. The van der Waals surface area contributed by atoms with E-state index in [9.17, 15) is 19.7 Å². The van der Waals surface area contributed by atoms with Crippen LogP contribution in [0.4, 0.5) is 5.69 Å². The molecule has 0 spiro atoms. The molecule has 0 aromatic heterocycles. The van der Waals surface area contributed by atoms with Crippen LogP contribution in [0.1, 0.15) is 44.0 Å². The molecule has 1 atom stereocenters. The minimum Gasteiger partial charge on any atom is -0.486 e. The standard InChI is InChI=1S/C20H27N3O6/c1-12(2)13(3)21-19(24)14-4-6-22(7-5-14)20(25)15-10-17-18(29-9-8-28-17)11-16(15)23(26)27/h10-14H,4-9H2,1-3H3,(H,21,24). The Labute approximate surface area is 169 Å². The lowest BCUT2D eigenvalue weighted by Crippen LogP contribution is -2.45. The van der Waals surface area contributed by atoms with Crippen molar-refractivity contribution in [1.29, 1.82) is 0 Å². The van der Waals surface area contributed by atoms with Crippen molar-refractivity contribution >= 4 is 17.5 Å². The first-order chi connectivity index (χ1) is 13.8. The van der Waals surface area contributed by atoms with Crippen molar-refractivity contribution in [3.8, 4) is 11.5 Å². The Hall–Kier alpha value is -2.84. The van der Waals surface area contributed by atoms with Crippen LogP contribution in [-0.4, -0.2) is 54.0 Å². The third-order valence-corrected chi connectivity index (χ3v) is 5.61. The van der Waals surface area contributed by atoms with Gasteiger partial charge in [0.1, 0.15) is 18.8 Å². The molecule has 2 amide bonds. The predicted octanol–water partition coefficient (Wildman–Crippen LogP) is 2.38. The number of carbonyl (C=O) groups excluding carboxylic acids is 2. The molecule has 1 aromatic carbocycles. The van der Waals surface area contributed by atoms with Gasteiger partial charge in [-0.15, -0.1) is 0 Å². The van der Waals surface area contributed by atoms with Crippen molar-refractivity contribution in [2.24, 2.45) is 11.8 Å². The Balaban J connectivity index is 1.69. The van der Waals surface area contributed by atoms with Gasteiger partial charge in [-0.25, -0.2) is 0 Å². The van der Waals surface area contributed by atoms with Gasteiger partial charge in [0.25, 0.3) is 11.6 Å². The van der Waals surface area contributed by atoms with Crippen LogP contribution in [0.3, 0.4) is 0 Å². The van der Waals surface area contributed by atoms with Crippen LogP contribution in [0.25, 0.3) is 0 Å². The molecular formula is C20H27N3O6. The molecule has 0 bridgehead atoms. The smallest absolute Gasteiger partial charge is 0.286 e. The first-order valence-electron chi connectivity index (χ1n) is 9.95. The highest BCUT2D eigenvalue weighted by molar-refractivity contribution is 5.99. The monoisotopic (exact) mass is 405 g/mol. The number of likely N-dealkylation sites (tertiary alicyclic amines) is 1. The number of benzene rings is 1. The highest BCUT2D eigenvalue weighted by Gasteiger charge is 2.33. The summed E-state index contributed by atoms with van der Waals surface area (Å²) < 4.78 is 10.9. The van der Waals surface area contributed by atoms with Gasteiger partial charge in [0, 0.05) is 31.1 Å². The number of rotatable bonds is 5. The van der Waals surface area contributed by atoms with Gasteiger partial charge in [0.05, 0.1) is 11.0 Å². The van der Waals surface area contributed by atoms with Gasteiger partial charge in [0.2, 0.25) is 5.91 Å². The Morgan fingerprint density at radius 3 is 2.28 bits per heavy atom. The Morgan fingerprint density at radius 2 is 1.72 bits per heavy atom. The van der Waals surface area contributed by atoms with Crippen LogP contribution >= 0.6 is 0 Å². The molecule has 3 rings (SSSR count). The second kappa shape index (κ2) is 8.67. The summed E-state index contributed by atoms with van der Waals surface area (Å²) >= 11 is 0. The minimum atomic E-state index is -0.584. The summed E-state index contributed by atoms with van der Waals surface area (Å²) in [6.45, 7) is 7.45. The summed E-state index contributed by atoms with van der Waals surface area (Å²) in [6.07, 6.45) is 1.06. The summed E-state index contributed by atoms with van der Waals surface area (Å²) in [6, 6.07) is 2.72. The Bertz CT molecular complexity index is 802. The number of hydrogen-bond acceptors (Lipinski definition) is 6. The van der Waals surface area contributed by atoms with E-state index < -0.39 is 10.8 Å². The zero-order chi connectivity index (χ0) is 21.1. The normalized spacial score (nSPS) is 17.7. The molecule has 158 valence electrons. The van der Waals surface area contributed by atoms with E-state index in [1.165, 1.54) is 12.1 Å². The van der Waals surface area contributed by atoms with Crippen LogP contribution in [0.5, 0.6) is 11.5 Å². The number of nitro groups is 1. The second-order valence-electron chi connectivity index (χ2n) is 7.88. The van der Waals surface area contributed by atoms with E-state index in [0.717, 1.165) is 0 Å². The maximum absolute atomic E-state index is 13.0. The first-order valence-corrected chi connectivity index (χ1v) is 9.95. The fourth-order valence-electron chi connectivity index (χ4n) is 3.42. The molecule has 1 unspecified atom stereocenters. The predicted molar refractivity (Wildman–Crippen MR) is 105 cm³/mol. The molecule has 0 aliphatic carbocycles. The molecule has 1 N–H and O–H groups in total. The van der Waals surface area contributed by atoms with Crippen LogP contribution in [0.15, 0.2) is 12.1 Å². The van der Waals surface area contributed by atoms with Gasteiger partial charge >= 0.3 is 0 Å². The lowest BCUT2D eigenvalue weighted by molar-refractivity contribution is -0.385. The largest absolute Gasteiger partial charge is 0.486 e.